The van der Waals surface area contributed by atoms with Gasteiger partial charge in [-0.15, -0.1) is 0 Å². The minimum absolute atomic E-state index is 0.0700. The summed E-state index contributed by atoms with van der Waals surface area (Å²) in [5.74, 6) is -9.22. The number of alkyl halides is 2. The van der Waals surface area contributed by atoms with Crippen molar-refractivity contribution < 1.29 is 28.3 Å². The van der Waals surface area contributed by atoms with Gasteiger partial charge in [-0.25, -0.2) is 8.78 Å². The number of amides is 2. The lowest BCUT2D eigenvalue weighted by Crippen LogP contribution is -2.56. The molecule has 1 saturated carbocycles. The Labute approximate surface area is 248 Å². The van der Waals surface area contributed by atoms with E-state index in [1.807, 2.05) is 0 Å². The molecule has 1 N–H and O–H groups in total. The minimum atomic E-state index is -3.27. The first kappa shape index (κ1) is 28.0. The monoisotopic (exact) mass is 631 g/mol. The number of rotatable bonds is 5. The molecule has 212 valence electrons. The fourth-order valence-electron chi connectivity index (χ4n) is 6.86. The molecule has 0 bridgehead atoms. The van der Waals surface area contributed by atoms with Gasteiger partial charge in [0.2, 0.25) is 5.91 Å². The summed E-state index contributed by atoms with van der Waals surface area (Å²) in [6, 6.07) is 6.08. The van der Waals surface area contributed by atoms with E-state index >= 15 is 8.78 Å². The quantitative estimate of drug-likeness (QED) is 0.440. The number of anilines is 2. The van der Waals surface area contributed by atoms with Crippen molar-refractivity contribution >= 4 is 75.6 Å². The Bertz CT molecular complexity index is 1450. The number of carboxylic acids is 1. The normalized spacial score (nSPS) is 28.7. The predicted molar refractivity (Wildman–Crippen MR) is 148 cm³/mol. The second-order valence-corrected chi connectivity index (χ2v) is 12.7. The second kappa shape index (κ2) is 9.42. The first-order valence-electron chi connectivity index (χ1n) is 12.7. The number of halogens is 6. The molecule has 40 heavy (non-hydrogen) atoms. The standard InChI is InChI=1S/C27H23Cl4F2N3O4/c1-34-22-17(7-15(30)8-18(22)31)27(25(34)40)21(24(38)39)20(19-9-26(32,33)11-36(19)27)23(37)35(10-12-2-3-12)16-5-13(28)4-14(29)6-16/h4-8,12,19-21H,2-3,9-11H2,1H3,(H,38,39)/t19-,20+,21-,27+/m1/s1. The van der Waals surface area contributed by atoms with Crippen LogP contribution in [-0.4, -0.2) is 59.9 Å². The summed E-state index contributed by atoms with van der Waals surface area (Å²) in [5.41, 5.74) is -1.51. The van der Waals surface area contributed by atoms with Gasteiger partial charge in [-0.3, -0.25) is 19.3 Å². The molecule has 2 aromatic rings. The van der Waals surface area contributed by atoms with Crippen LogP contribution < -0.4 is 9.80 Å². The van der Waals surface area contributed by atoms with Crippen LogP contribution in [0.3, 0.4) is 0 Å². The lowest BCUT2D eigenvalue weighted by Gasteiger charge is -2.36. The van der Waals surface area contributed by atoms with Gasteiger partial charge in [0.25, 0.3) is 11.8 Å². The Kier molecular flexibility index (Phi) is 6.59. The average molecular weight is 633 g/mol. The van der Waals surface area contributed by atoms with Crippen LogP contribution in [-0.2, 0) is 19.9 Å². The number of hydrogen-bond acceptors (Lipinski definition) is 4. The van der Waals surface area contributed by atoms with E-state index in [-0.39, 0.29) is 43.8 Å². The molecule has 3 fully saturated rings. The first-order chi connectivity index (χ1) is 18.8. The van der Waals surface area contributed by atoms with Gasteiger partial charge < -0.3 is 14.9 Å². The number of carbonyl (C=O) groups is 3. The maximum Gasteiger partial charge on any atom is 0.310 e. The van der Waals surface area contributed by atoms with Gasteiger partial charge in [0.1, 0.15) is 11.5 Å². The van der Waals surface area contributed by atoms with E-state index in [0.717, 1.165) is 12.8 Å². The van der Waals surface area contributed by atoms with Gasteiger partial charge in [0.15, 0.2) is 0 Å². The van der Waals surface area contributed by atoms with Crippen LogP contribution in [0, 0.1) is 17.8 Å². The van der Waals surface area contributed by atoms with E-state index in [1.165, 1.54) is 52.1 Å². The van der Waals surface area contributed by atoms with E-state index in [1.54, 1.807) is 0 Å². The number of fused-ring (bicyclic) bond motifs is 4. The highest BCUT2D eigenvalue weighted by molar-refractivity contribution is 6.38. The van der Waals surface area contributed by atoms with Crippen LogP contribution in [0.15, 0.2) is 30.3 Å². The van der Waals surface area contributed by atoms with Crippen molar-refractivity contribution in [3.8, 4) is 0 Å². The largest absolute Gasteiger partial charge is 0.481 e. The number of aliphatic carboxylic acids is 1. The first-order valence-corrected chi connectivity index (χ1v) is 14.2. The summed E-state index contributed by atoms with van der Waals surface area (Å²) in [5, 5.41) is 11.4. The molecular formula is C27H23Cl4F2N3O4. The fourth-order valence-corrected chi connectivity index (χ4v) is 7.99. The van der Waals surface area contributed by atoms with E-state index < -0.39 is 60.1 Å². The predicted octanol–water partition coefficient (Wildman–Crippen LogP) is 5.96. The molecule has 4 atom stereocenters. The van der Waals surface area contributed by atoms with Crippen molar-refractivity contribution in [2.75, 3.05) is 29.9 Å². The fraction of sp³-hybridized carbons (Fsp3) is 0.444. The van der Waals surface area contributed by atoms with Crippen LogP contribution in [0.5, 0.6) is 0 Å². The highest BCUT2D eigenvalue weighted by Gasteiger charge is 2.75. The summed E-state index contributed by atoms with van der Waals surface area (Å²) in [6.07, 6.45) is 0.926. The Morgan fingerprint density at radius 1 is 1.05 bits per heavy atom. The third-order valence-corrected chi connectivity index (χ3v) is 9.45. The second-order valence-electron chi connectivity index (χ2n) is 11.0. The summed E-state index contributed by atoms with van der Waals surface area (Å²) >= 11 is 25.2. The molecule has 0 unspecified atom stereocenters. The maximum atomic E-state index is 15.2. The molecule has 4 aliphatic rings. The highest BCUT2D eigenvalue weighted by Crippen LogP contribution is 2.62. The van der Waals surface area contributed by atoms with Crippen LogP contribution in [0.4, 0.5) is 20.2 Å². The van der Waals surface area contributed by atoms with Gasteiger partial charge in [-0.2, -0.15) is 0 Å². The van der Waals surface area contributed by atoms with E-state index in [2.05, 4.69) is 0 Å². The van der Waals surface area contributed by atoms with Gasteiger partial charge in [-0.1, -0.05) is 46.4 Å². The number of nitrogens with zero attached hydrogens (tertiary/aromatic N) is 3. The van der Waals surface area contributed by atoms with Crippen LogP contribution in [0.1, 0.15) is 24.8 Å². The van der Waals surface area contributed by atoms with Gasteiger partial charge in [0.05, 0.1) is 23.2 Å². The van der Waals surface area contributed by atoms with Gasteiger partial charge in [0, 0.05) is 52.4 Å². The zero-order valence-electron chi connectivity index (χ0n) is 21.0. The topological polar surface area (TPSA) is 81.2 Å². The minimum Gasteiger partial charge on any atom is -0.481 e. The molecule has 13 heteroatoms. The molecule has 3 aliphatic heterocycles. The zero-order chi connectivity index (χ0) is 28.9. The maximum absolute atomic E-state index is 15.2. The molecule has 7 nitrogen and oxygen atoms in total. The third kappa shape index (κ3) is 4.11. The molecular weight excluding hydrogens is 610 g/mol. The third-order valence-electron chi connectivity index (χ3n) is 8.51. The molecule has 1 spiro atoms. The highest BCUT2D eigenvalue weighted by atomic mass is 35.5. The number of carboxylic acid groups (broad SMARTS) is 1. The molecule has 2 amide bonds. The number of carbonyl (C=O) groups excluding carboxylic acids is 2. The van der Waals surface area contributed by atoms with Crippen molar-refractivity contribution in [2.24, 2.45) is 17.8 Å². The van der Waals surface area contributed by atoms with Gasteiger partial charge in [-0.05, 0) is 49.1 Å². The lowest BCUT2D eigenvalue weighted by atomic mass is 9.73. The van der Waals surface area contributed by atoms with Crippen molar-refractivity contribution in [1.82, 2.24) is 4.90 Å². The van der Waals surface area contributed by atoms with Gasteiger partial charge >= 0.3 is 5.97 Å². The summed E-state index contributed by atoms with van der Waals surface area (Å²) < 4.78 is 30.3. The summed E-state index contributed by atoms with van der Waals surface area (Å²) in [7, 11) is 1.40. The Morgan fingerprint density at radius 2 is 1.68 bits per heavy atom. The summed E-state index contributed by atoms with van der Waals surface area (Å²) in [4.78, 5) is 45.5. The molecule has 6 rings (SSSR count). The Hall–Kier alpha value is -2.17. The van der Waals surface area contributed by atoms with Crippen LogP contribution in [0.2, 0.25) is 20.1 Å². The Balaban J connectivity index is 1.56. The molecule has 0 aromatic heterocycles. The summed E-state index contributed by atoms with van der Waals surface area (Å²) in [6.45, 7) is -0.670. The molecule has 3 heterocycles. The van der Waals surface area contributed by atoms with E-state index in [0.29, 0.717) is 5.69 Å². The van der Waals surface area contributed by atoms with E-state index in [4.69, 9.17) is 46.4 Å². The zero-order valence-corrected chi connectivity index (χ0v) is 24.0. The molecule has 2 saturated heterocycles. The molecule has 1 aliphatic carbocycles. The number of likely N-dealkylation sites (N-methyl/N-ethyl adjacent to an activating group) is 1. The van der Waals surface area contributed by atoms with Crippen molar-refractivity contribution in [2.45, 2.75) is 36.8 Å². The number of benzene rings is 2. The van der Waals surface area contributed by atoms with Crippen molar-refractivity contribution in [3.63, 3.8) is 0 Å². The number of hydrogen-bond donors (Lipinski definition) is 1. The smallest absolute Gasteiger partial charge is 0.310 e. The molecule has 2 aromatic carbocycles. The van der Waals surface area contributed by atoms with Crippen molar-refractivity contribution in [1.29, 1.82) is 0 Å². The van der Waals surface area contributed by atoms with Crippen LogP contribution >= 0.6 is 46.4 Å². The van der Waals surface area contributed by atoms with Crippen LogP contribution in [0.25, 0.3) is 0 Å². The van der Waals surface area contributed by atoms with E-state index in [9.17, 15) is 19.5 Å². The van der Waals surface area contributed by atoms with Crippen molar-refractivity contribution in [3.05, 3.63) is 56.0 Å². The molecule has 0 radical (unpaired) electrons. The average Bonchev–Trinajstić information content (AvgIpc) is 3.50. The SMILES string of the molecule is CN1C(=O)[C@]2(c3cc(Cl)cc(Cl)c31)[C@@H](C(=O)O)[C@@H](C(=O)N(CC1CC1)c1cc(Cl)cc(Cl)c1)[C@H]1CC(F)(F)CN12. The Morgan fingerprint density at radius 3 is 2.27 bits per heavy atom. The lowest BCUT2D eigenvalue weighted by molar-refractivity contribution is -0.154.